The maximum absolute atomic E-state index is 12.2. The maximum Gasteiger partial charge on any atom is 0.271 e. The highest BCUT2D eigenvalue weighted by Gasteiger charge is 2.13. The number of hydrazone groups is 1. The molecule has 0 radical (unpaired) electrons. The molecular weight excluding hydrogens is 527 g/mol. The fraction of sp³-hybridized carbons (Fsp3) is 0.0909. The summed E-state index contributed by atoms with van der Waals surface area (Å²) in [6, 6.07) is 15.5. The van der Waals surface area contributed by atoms with Crippen LogP contribution in [0.15, 0.2) is 64.2 Å². The van der Waals surface area contributed by atoms with Crippen LogP contribution in [0, 0.1) is 0 Å². The van der Waals surface area contributed by atoms with Crippen LogP contribution >= 0.6 is 50.7 Å². The molecule has 0 fully saturated rings. The van der Waals surface area contributed by atoms with Gasteiger partial charge in [-0.2, -0.15) is 5.10 Å². The second-order valence-corrected chi connectivity index (χ2v) is 8.32. The van der Waals surface area contributed by atoms with E-state index in [-0.39, 0.29) is 6.61 Å². The molecule has 0 spiro atoms. The largest absolute Gasteiger partial charge is 0.493 e. The van der Waals surface area contributed by atoms with Crippen LogP contribution in [0.25, 0.3) is 0 Å². The van der Waals surface area contributed by atoms with E-state index in [2.05, 4.69) is 26.5 Å². The SMILES string of the molecule is COc1cc(/C=N\NC(=O)c2ccc(Cl)c(Cl)c2)cc(Br)c1OCc1ccccc1Cl. The standard InChI is InChI=1S/C22H16BrCl3N2O3/c1-30-20-9-13(11-27-28-22(29)14-6-7-18(25)19(26)10-14)8-16(23)21(20)31-12-15-4-2-3-5-17(15)24/h2-11H,12H2,1H3,(H,28,29)/b27-11-. The number of halogens is 4. The maximum atomic E-state index is 12.2. The Morgan fingerprint density at radius 1 is 1.06 bits per heavy atom. The third kappa shape index (κ3) is 6.14. The summed E-state index contributed by atoms with van der Waals surface area (Å²) in [5.74, 6) is 0.610. The van der Waals surface area contributed by atoms with Crippen LogP contribution < -0.4 is 14.9 Å². The van der Waals surface area contributed by atoms with Crippen molar-refractivity contribution in [2.24, 2.45) is 5.10 Å². The molecular formula is C22H16BrCl3N2O3. The summed E-state index contributed by atoms with van der Waals surface area (Å²) in [4.78, 5) is 12.2. The minimum atomic E-state index is -0.416. The Kier molecular flexibility index (Phi) is 8.21. The number of ether oxygens (including phenoxy) is 2. The predicted octanol–water partition coefficient (Wildman–Crippen LogP) is 6.76. The topological polar surface area (TPSA) is 59.9 Å². The van der Waals surface area contributed by atoms with E-state index in [1.165, 1.54) is 19.4 Å². The summed E-state index contributed by atoms with van der Waals surface area (Å²) in [7, 11) is 1.54. The highest BCUT2D eigenvalue weighted by Crippen LogP contribution is 2.37. The summed E-state index contributed by atoms with van der Waals surface area (Å²) < 4.78 is 12.0. The first-order valence-electron chi connectivity index (χ1n) is 8.91. The minimum Gasteiger partial charge on any atom is -0.493 e. The molecule has 1 N–H and O–H groups in total. The molecule has 1 amide bonds. The molecule has 3 aromatic carbocycles. The summed E-state index contributed by atoms with van der Waals surface area (Å²) in [5, 5.41) is 5.27. The van der Waals surface area contributed by atoms with Crippen molar-refractivity contribution in [3.05, 3.63) is 90.8 Å². The van der Waals surface area contributed by atoms with Crippen molar-refractivity contribution in [3.63, 3.8) is 0 Å². The van der Waals surface area contributed by atoms with Gasteiger partial charge in [0.2, 0.25) is 0 Å². The molecule has 3 rings (SSSR count). The number of rotatable bonds is 7. The molecule has 0 aliphatic rings. The Hall–Kier alpha value is -2.25. The van der Waals surface area contributed by atoms with E-state index in [9.17, 15) is 4.79 Å². The molecule has 31 heavy (non-hydrogen) atoms. The third-order valence-corrected chi connectivity index (χ3v) is 5.84. The first kappa shape index (κ1) is 23.4. The van der Waals surface area contributed by atoms with E-state index in [1.807, 2.05) is 18.2 Å². The number of hydrogen-bond donors (Lipinski definition) is 1. The molecule has 3 aromatic rings. The molecule has 160 valence electrons. The number of nitrogens with one attached hydrogen (secondary N) is 1. The van der Waals surface area contributed by atoms with Gasteiger partial charge in [0.25, 0.3) is 5.91 Å². The minimum absolute atomic E-state index is 0.280. The van der Waals surface area contributed by atoms with Crippen LogP contribution in [0.3, 0.4) is 0 Å². The zero-order valence-electron chi connectivity index (χ0n) is 16.2. The van der Waals surface area contributed by atoms with Crippen molar-refractivity contribution in [3.8, 4) is 11.5 Å². The van der Waals surface area contributed by atoms with Crippen LogP contribution in [0.1, 0.15) is 21.5 Å². The Morgan fingerprint density at radius 2 is 1.84 bits per heavy atom. The fourth-order valence-corrected chi connectivity index (χ4v) is 3.65. The van der Waals surface area contributed by atoms with E-state index >= 15 is 0 Å². The Labute approximate surface area is 203 Å². The number of carbonyl (C=O) groups excluding carboxylic acids is 1. The van der Waals surface area contributed by atoms with Gasteiger partial charge >= 0.3 is 0 Å². The van der Waals surface area contributed by atoms with Crippen molar-refractivity contribution >= 4 is 62.9 Å². The summed E-state index contributed by atoms with van der Waals surface area (Å²) in [5.41, 5.74) is 4.33. The molecule has 0 unspecified atom stereocenters. The van der Waals surface area contributed by atoms with E-state index in [4.69, 9.17) is 44.3 Å². The monoisotopic (exact) mass is 540 g/mol. The van der Waals surface area contributed by atoms with Crippen LogP contribution in [0.5, 0.6) is 11.5 Å². The molecule has 5 nitrogen and oxygen atoms in total. The third-order valence-electron chi connectivity index (χ3n) is 4.14. The predicted molar refractivity (Wildman–Crippen MR) is 128 cm³/mol. The highest BCUT2D eigenvalue weighted by atomic mass is 79.9. The van der Waals surface area contributed by atoms with Gasteiger partial charge in [0.15, 0.2) is 11.5 Å². The van der Waals surface area contributed by atoms with E-state index in [1.54, 1.807) is 30.3 Å². The summed E-state index contributed by atoms with van der Waals surface area (Å²) in [6.45, 7) is 0.280. The number of hydrogen-bond acceptors (Lipinski definition) is 4. The lowest BCUT2D eigenvalue weighted by Gasteiger charge is -2.14. The van der Waals surface area contributed by atoms with Crippen molar-refractivity contribution in [1.82, 2.24) is 5.43 Å². The van der Waals surface area contributed by atoms with Gasteiger partial charge in [-0.25, -0.2) is 5.43 Å². The van der Waals surface area contributed by atoms with Gasteiger partial charge in [0.05, 0.1) is 27.8 Å². The van der Waals surface area contributed by atoms with Crippen LogP contribution in [-0.4, -0.2) is 19.2 Å². The fourth-order valence-electron chi connectivity index (χ4n) is 2.59. The molecule has 9 heteroatoms. The van der Waals surface area contributed by atoms with Crippen molar-refractivity contribution in [2.45, 2.75) is 6.61 Å². The molecule has 0 atom stereocenters. The van der Waals surface area contributed by atoms with E-state index in [0.717, 1.165) is 5.56 Å². The first-order valence-corrected chi connectivity index (χ1v) is 10.8. The Morgan fingerprint density at radius 3 is 2.55 bits per heavy atom. The number of carbonyl (C=O) groups is 1. The van der Waals surface area contributed by atoms with Gasteiger partial charge in [-0.1, -0.05) is 53.0 Å². The molecule has 0 aliphatic carbocycles. The average Bonchev–Trinajstić information content (AvgIpc) is 2.75. The van der Waals surface area contributed by atoms with Gasteiger partial charge in [-0.05, 0) is 57.9 Å². The van der Waals surface area contributed by atoms with E-state index < -0.39 is 5.91 Å². The van der Waals surface area contributed by atoms with Gasteiger partial charge in [0, 0.05) is 16.1 Å². The van der Waals surface area contributed by atoms with E-state index in [0.29, 0.717) is 42.2 Å². The number of amides is 1. The quantitative estimate of drug-likeness (QED) is 0.265. The van der Waals surface area contributed by atoms with Crippen molar-refractivity contribution in [2.75, 3.05) is 7.11 Å². The Bertz CT molecular complexity index is 1140. The molecule has 0 saturated heterocycles. The number of methoxy groups -OCH3 is 1. The molecule has 0 saturated carbocycles. The van der Waals surface area contributed by atoms with Gasteiger partial charge < -0.3 is 9.47 Å². The second kappa shape index (κ2) is 10.9. The van der Waals surface area contributed by atoms with Crippen molar-refractivity contribution < 1.29 is 14.3 Å². The Balaban J connectivity index is 1.70. The zero-order chi connectivity index (χ0) is 22.4. The van der Waals surface area contributed by atoms with Crippen molar-refractivity contribution in [1.29, 1.82) is 0 Å². The lowest BCUT2D eigenvalue weighted by atomic mass is 10.2. The number of benzene rings is 3. The summed E-state index contributed by atoms with van der Waals surface area (Å²) >= 11 is 21.5. The normalized spacial score (nSPS) is 10.9. The molecule has 0 aromatic heterocycles. The van der Waals surface area contributed by atoms with Crippen LogP contribution in [-0.2, 0) is 6.61 Å². The second-order valence-electron chi connectivity index (χ2n) is 6.24. The lowest BCUT2D eigenvalue weighted by molar-refractivity contribution is 0.0955. The number of nitrogens with zero attached hydrogens (tertiary/aromatic N) is 1. The van der Waals surface area contributed by atoms with Gasteiger partial charge in [-0.15, -0.1) is 0 Å². The van der Waals surface area contributed by atoms with Gasteiger partial charge in [0.1, 0.15) is 6.61 Å². The van der Waals surface area contributed by atoms with Crippen LogP contribution in [0.2, 0.25) is 15.1 Å². The van der Waals surface area contributed by atoms with Crippen LogP contribution in [0.4, 0.5) is 0 Å². The average molecular weight is 543 g/mol. The zero-order valence-corrected chi connectivity index (χ0v) is 20.0. The molecule has 0 bridgehead atoms. The summed E-state index contributed by atoms with van der Waals surface area (Å²) in [6.07, 6.45) is 1.49. The smallest absolute Gasteiger partial charge is 0.271 e. The lowest BCUT2D eigenvalue weighted by Crippen LogP contribution is -2.17. The molecule has 0 aliphatic heterocycles. The molecule has 0 heterocycles. The first-order chi connectivity index (χ1) is 14.9. The van der Waals surface area contributed by atoms with Gasteiger partial charge in [-0.3, -0.25) is 4.79 Å². The highest BCUT2D eigenvalue weighted by molar-refractivity contribution is 9.10.